The fourth-order valence-electron chi connectivity index (χ4n) is 3.51. The minimum atomic E-state index is -0.743. The molecule has 152 valence electrons. The molecule has 0 fully saturated rings. The van der Waals surface area contributed by atoms with E-state index >= 15 is 0 Å². The quantitative estimate of drug-likeness (QED) is 0.594. The van der Waals surface area contributed by atoms with E-state index in [0.717, 1.165) is 12.1 Å². The molecule has 6 nitrogen and oxygen atoms in total. The Balaban J connectivity index is 2.15. The number of fused-ring (bicyclic) bond motifs is 1. The number of pyridine rings is 2. The van der Waals surface area contributed by atoms with Gasteiger partial charge in [0.1, 0.15) is 29.9 Å². The Hall–Kier alpha value is -4.38. The second-order valence-electron chi connectivity index (χ2n) is 6.50. The molecule has 0 unspecified atom stereocenters. The summed E-state index contributed by atoms with van der Waals surface area (Å²) in [7, 11) is 0. The van der Waals surface area contributed by atoms with Crippen molar-refractivity contribution in [3.63, 3.8) is 0 Å². The standard InChI is InChI=1S/C23H14F2N4O2/c1-27-22-17-10-16(15-5-2-6-19(25)18(15)11-26)23(30)29(14-4-3-9-28-12-14)20(17)13-31-21(22)7-8-24/h2-10,12H,1,13H2/b8-7+. The zero-order chi connectivity index (χ0) is 22.0. The molecule has 0 spiro atoms. The lowest BCUT2D eigenvalue weighted by Gasteiger charge is -2.24. The number of ether oxygens (including phenoxy) is 1. The van der Waals surface area contributed by atoms with Gasteiger partial charge in [0, 0.05) is 29.0 Å². The third-order valence-corrected chi connectivity index (χ3v) is 4.85. The Labute approximate surface area is 175 Å². The lowest BCUT2D eigenvalue weighted by Crippen LogP contribution is -2.27. The molecule has 3 aromatic rings. The third-order valence-electron chi connectivity index (χ3n) is 4.85. The van der Waals surface area contributed by atoms with Gasteiger partial charge >= 0.3 is 0 Å². The first kappa shape index (κ1) is 19.9. The molecule has 0 saturated heterocycles. The van der Waals surface area contributed by atoms with Gasteiger partial charge in [-0.25, -0.2) is 8.78 Å². The maximum Gasteiger partial charge on any atom is 0.263 e. The van der Waals surface area contributed by atoms with Crippen molar-refractivity contribution >= 4 is 12.4 Å². The molecular formula is C23H14F2N4O2. The number of nitriles is 1. The maximum atomic E-state index is 14.3. The monoisotopic (exact) mass is 416 g/mol. The van der Waals surface area contributed by atoms with Gasteiger partial charge in [0.2, 0.25) is 0 Å². The van der Waals surface area contributed by atoms with Crippen LogP contribution in [0.3, 0.4) is 0 Å². The third kappa shape index (κ3) is 3.32. The first-order chi connectivity index (χ1) is 15.1. The predicted molar refractivity (Wildman–Crippen MR) is 111 cm³/mol. The lowest BCUT2D eigenvalue weighted by molar-refractivity contribution is 0.200. The summed E-state index contributed by atoms with van der Waals surface area (Å²) in [5.41, 5.74) is 0.989. The Kier molecular flexibility index (Phi) is 5.24. The highest BCUT2D eigenvalue weighted by Gasteiger charge is 2.26. The van der Waals surface area contributed by atoms with E-state index in [1.165, 1.54) is 29.0 Å². The SMILES string of the molecule is C=NC1=C(/C=C/F)OCc2c1cc(-c1cccc(F)c1C#N)c(=O)n2-c1cccnc1. The van der Waals surface area contributed by atoms with Crippen molar-refractivity contribution in [3.8, 4) is 22.9 Å². The summed E-state index contributed by atoms with van der Waals surface area (Å²) < 4.78 is 34.1. The van der Waals surface area contributed by atoms with E-state index in [1.807, 2.05) is 6.07 Å². The average Bonchev–Trinajstić information content (AvgIpc) is 2.79. The van der Waals surface area contributed by atoms with Gasteiger partial charge in [0.25, 0.3) is 5.56 Å². The van der Waals surface area contributed by atoms with Crippen molar-refractivity contribution in [1.29, 1.82) is 5.26 Å². The molecule has 0 bridgehead atoms. The van der Waals surface area contributed by atoms with E-state index in [9.17, 15) is 18.8 Å². The fourth-order valence-corrected chi connectivity index (χ4v) is 3.51. The molecule has 0 amide bonds. The van der Waals surface area contributed by atoms with Crippen LogP contribution in [0.1, 0.15) is 16.8 Å². The molecule has 1 aliphatic rings. The molecule has 0 radical (unpaired) electrons. The molecule has 1 aliphatic heterocycles. The molecule has 4 rings (SSSR count). The van der Waals surface area contributed by atoms with Crippen LogP contribution in [0.2, 0.25) is 0 Å². The van der Waals surface area contributed by atoms with Gasteiger partial charge in [0.15, 0.2) is 0 Å². The van der Waals surface area contributed by atoms with Crippen molar-refractivity contribution in [2.75, 3.05) is 0 Å². The Morgan fingerprint density at radius 1 is 1.26 bits per heavy atom. The molecule has 2 aromatic heterocycles. The van der Waals surface area contributed by atoms with Crippen LogP contribution in [-0.4, -0.2) is 16.3 Å². The van der Waals surface area contributed by atoms with Crippen LogP contribution in [-0.2, 0) is 11.3 Å². The molecule has 0 atom stereocenters. The van der Waals surface area contributed by atoms with Gasteiger partial charge in [-0.15, -0.1) is 0 Å². The second kappa shape index (κ2) is 8.16. The maximum absolute atomic E-state index is 14.3. The van der Waals surface area contributed by atoms with Gasteiger partial charge in [-0.05, 0) is 31.0 Å². The normalized spacial score (nSPS) is 12.9. The Bertz CT molecular complexity index is 1350. The summed E-state index contributed by atoms with van der Waals surface area (Å²) in [5.74, 6) is -0.612. The molecule has 3 heterocycles. The number of aliphatic imine (C=N–C) groups is 1. The lowest BCUT2D eigenvalue weighted by atomic mass is 9.96. The number of benzene rings is 1. The van der Waals surface area contributed by atoms with Gasteiger partial charge in [-0.2, -0.15) is 5.26 Å². The summed E-state index contributed by atoms with van der Waals surface area (Å²) in [6.07, 6.45) is 4.45. The van der Waals surface area contributed by atoms with E-state index in [1.54, 1.807) is 18.3 Å². The molecule has 0 saturated carbocycles. The summed E-state index contributed by atoms with van der Waals surface area (Å²) >= 11 is 0. The number of hydrogen-bond donors (Lipinski definition) is 0. The minimum Gasteiger partial charge on any atom is -0.485 e. The number of halogens is 2. The zero-order valence-electron chi connectivity index (χ0n) is 16.0. The van der Waals surface area contributed by atoms with Crippen molar-refractivity contribution < 1.29 is 13.5 Å². The highest BCUT2D eigenvalue weighted by molar-refractivity contribution is 5.79. The summed E-state index contributed by atoms with van der Waals surface area (Å²) in [5, 5.41) is 9.47. The van der Waals surface area contributed by atoms with Gasteiger partial charge in [0.05, 0.1) is 29.5 Å². The Morgan fingerprint density at radius 2 is 2.10 bits per heavy atom. The zero-order valence-corrected chi connectivity index (χ0v) is 16.0. The van der Waals surface area contributed by atoms with Crippen LogP contribution in [0, 0.1) is 17.1 Å². The van der Waals surface area contributed by atoms with Gasteiger partial charge in [-0.1, -0.05) is 12.1 Å². The summed E-state index contributed by atoms with van der Waals surface area (Å²) in [4.78, 5) is 21.6. The van der Waals surface area contributed by atoms with Crippen LogP contribution < -0.4 is 5.56 Å². The number of hydrogen-bond acceptors (Lipinski definition) is 5. The van der Waals surface area contributed by atoms with E-state index in [0.29, 0.717) is 23.3 Å². The molecule has 0 N–H and O–H groups in total. The first-order valence-corrected chi connectivity index (χ1v) is 9.10. The first-order valence-electron chi connectivity index (χ1n) is 9.10. The smallest absolute Gasteiger partial charge is 0.263 e. The van der Waals surface area contributed by atoms with E-state index in [-0.39, 0.29) is 34.8 Å². The molecule has 8 heteroatoms. The number of rotatable bonds is 4. The van der Waals surface area contributed by atoms with E-state index < -0.39 is 11.4 Å². The largest absolute Gasteiger partial charge is 0.485 e. The number of allylic oxidation sites excluding steroid dienone is 1. The van der Waals surface area contributed by atoms with Gasteiger partial charge < -0.3 is 4.74 Å². The van der Waals surface area contributed by atoms with Crippen LogP contribution in [0.5, 0.6) is 0 Å². The topological polar surface area (TPSA) is 80.3 Å². The summed E-state index contributed by atoms with van der Waals surface area (Å²) in [6, 6.07) is 10.7. The summed E-state index contributed by atoms with van der Waals surface area (Å²) in [6.45, 7) is 3.49. The number of aromatic nitrogens is 2. The van der Waals surface area contributed by atoms with Crippen LogP contribution >= 0.6 is 0 Å². The highest BCUT2D eigenvalue weighted by atomic mass is 19.1. The average molecular weight is 416 g/mol. The van der Waals surface area contributed by atoms with Crippen molar-refractivity contribution in [2.45, 2.75) is 6.61 Å². The van der Waals surface area contributed by atoms with E-state index in [4.69, 9.17) is 4.74 Å². The molecule has 31 heavy (non-hydrogen) atoms. The molecular weight excluding hydrogens is 402 g/mol. The molecule has 0 aliphatic carbocycles. The van der Waals surface area contributed by atoms with Crippen LogP contribution in [0.4, 0.5) is 8.78 Å². The fraction of sp³-hybridized carbons (Fsp3) is 0.0435. The van der Waals surface area contributed by atoms with Crippen molar-refractivity contribution in [2.24, 2.45) is 4.99 Å². The molecule has 1 aromatic carbocycles. The van der Waals surface area contributed by atoms with Crippen molar-refractivity contribution in [1.82, 2.24) is 9.55 Å². The Morgan fingerprint density at radius 3 is 2.77 bits per heavy atom. The van der Waals surface area contributed by atoms with Crippen LogP contribution in [0.25, 0.3) is 22.5 Å². The predicted octanol–water partition coefficient (Wildman–Crippen LogP) is 4.29. The number of nitrogens with zero attached hydrogens (tertiary/aromatic N) is 4. The second-order valence-corrected chi connectivity index (χ2v) is 6.50. The van der Waals surface area contributed by atoms with Crippen LogP contribution in [0.15, 0.2) is 76.7 Å². The van der Waals surface area contributed by atoms with Crippen molar-refractivity contribution in [3.05, 3.63) is 99.9 Å². The van der Waals surface area contributed by atoms with Gasteiger partial charge in [-0.3, -0.25) is 19.3 Å². The highest BCUT2D eigenvalue weighted by Crippen LogP contribution is 2.34. The minimum absolute atomic E-state index is 0.0489. The van der Waals surface area contributed by atoms with E-state index in [2.05, 4.69) is 16.7 Å².